The molecule has 1 aromatic heterocycles. The minimum Gasteiger partial charge on any atom is -0.444 e. The van der Waals surface area contributed by atoms with E-state index in [4.69, 9.17) is 16.3 Å². The van der Waals surface area contributed by atoms with E-state index in [1.807, 2.05) is 20.8 Å². The molecule has 6 nitrogen and oxygen atoms in total. The molecule has 150 valence electrons. The van der Waals surface area contributed by atoms with Crippen molar-refractivity contribution in [2.75, 3.05) is 18.0 Å². The Morgan fingerprint density at radius 1 is 1.29 bits per heavy atom. The highest BCUT2D eigenvalue weighted by molar-refractivity contribution is 9.10. The standard InChI is InChI=1S/C19H21BrClFN4O2/c1-19(2,3)28-18(27)25-7-10-4-5-11(8-25)26(10)17-12-6-13(21)14(20)15(22)16(12)23-9-24-17/h6,9-11H,4-5,7-8H2,1-3H3. The van der Waals surface area contributed by atoms with Crippen LogP contribution < -0.4 is 4.90 Å². The topological polar surface area (TPSA) is 58.6 Å². The molecule has 2 bridgehead atoms. The largest absolute Gasteiger partial charge is 0.444 e. The molecule has 0 saturated carbocycles. The molecular weight excluding hydrogens is 451 g/mol. The van der Waals surface area contributed by atoms with Crippen LogP contribution in [-0.2, 0) is 4.74 Å². The third-order valence-corrected chi connectivity index (χ3v) is 6.42. The van der Waals surface area contributed by atoms with E-state index in [0.717, 1.165) is 12.8 Å². The van der Waals surface area contributed by atoms with E-state index in [2.05, 4.69) is 30.8 Å². The molecule has 28 heavy (non-hydrogen) atoms. The molecule has 9 heteroatoms. The number of amides is 1. The van der Waals surface area contributed by atoms with Gasteiger partial charge in [0.15, 0.2) is 5.82 Å². The monoisotopic (exact) mass is 470 g/mol. The first kappa shape index (κ1) is 19.6. The van der Waals surface area contributed by atoms with Crippen LogP contribution in [0.15, 0.2) is 16.9 Å². The second-order valence-electron chi connectivity index (χ2n) is 8.26. The Kier molecular flexibility index (Phi) is 4.90. The van der Waals surface area contributed by atoms with Crippen molar-refractivity contribution in [1.82, 2.24) is 14.9 Å². The van der Waals surface area contributed by atoms with Crippen molar-refractivity contribution in [3.8, 4) is 0 Å². The number of likely N-dealkylation sites (tertiary alicyclic amines) is 1. The predicted octanol–water partition coefficient (Wildman–Crippen LogP) is 4.77. The van der Waals surface area contributed by atoms with Crippen LogP contribution >= 0.6 is 27.5 Å². The molecule has 2 atom stereocenters. The van der Waals surface area contributed by atoms with Crippen molar-refractivity contribution < 1.29 is 13.9 Å². The predicted molar refractivity (Wildman–Crippen MR) is 109 cm³/mol. The maximum atomic E-state index is 14.6. The van der Waals surface area contributed by atoms with Gasteiger partial charge >= 0.3 is 6.09 Å². The number of nitrogens with zero attached hydrogens (tertiary/aromatic N) is 4. The maximum absolute atomic E-state index is 14.6. The van der Waals surface area contributed by atoms with Crippen molar-refractivity contribution in [1.29, 1.82) is 0 Å². The SMILES string of the molecule is CC(C)(C)OC(=O)N1CC2CCC(C1)N2c1ncnc2c(F)c(Br)c(Cl)cc12. The van der Waals surface area contributed by atoms with E-state index >= 15 is 0 Å². The number of hydrogen-bond donors (Lipinski definition) is 0. The van der Waals surface area contributed by atoms with Gasteiger partial charge in [-0.3, -0.25) is 0 Å². The number of halogens is 3. The summed E-state index contributed by atoms with van der Waals surface area (Å²) in [7, 11) is 0. The van der Waals surface area contributed by atoms with Crippen molar-refractivity contribution in [3.05, 3.63) is 27.7 Å². The summed E-state index contributed by atoms with van der Waals surface area (Å²) in [5.41, 5.74) is -0.298. The highest BCUT2D eigenvalue weighted by Crippen LogP contribution is 2.40. The average Bonchev–Trinajstić information content (AvgIpc) is 2.87. The Morgan fingerprint density at radius 2 is 1.93 bits per heavy atom. The fourth-order valence-electron chi connectivity index (χ4n) is 4.02. The summed E-state index contributed by atoms with van der Waals surface area (Å²) < 4.78 is 20.4. The van der Waals surface area contributed by atoms with Crippen LogP contribution in [0.25, 0.3) is 10.9 Å². The number of hydrogen-bond acceptors (Lipinski definition) is 5. The second-order valence-corrected chi connectivity index (χ2v) is 9.46. The van der Waals surface area contributed by atoms with Crippen LogP contribution in [0.5, 0.6) is 0 Å². The minimum absolute atomic E-state index is 0.0925. The highest BCUT2D eigenvalue weighted by atomic mass is 79.9. The first-order chi connectivity index (χ1) is 13.2. The number of ether oxygens (including phenoxy) is 1. The molecule has 4 rings (SSSR count). The molecule has 1 aromatic carbocycles. The number of anilines is 1. The summed E-state index contributed by atoms with van der Waals surface area (Å²) >= 11 is 9.35. The summed E-state index contributed by atoms with van der Waals surface area (Å²) in [5, 5.41) is 0.858. The van der Waals surface area contributed by atoms with Crippen molar-refractivity contribution in [2.24, 2.45) is 0 Å². The summed E-state index contributed by atoms with van der Waals surface area (Å²) in [6.45, 7) is 6.67. The molecule has 2 aliphatic heterocycles. The van der Waals surface area contributed by atoms with Crippen molar-refractivity contribution in [2.45, 2.75) is 51.3 Å². The third kappa shape index (κ3) is 3.41. The fraction of sp³-hybridized carbons (Fsp3) is 0.526. The van der Waals surface area contributed by atoms with E-state index in [-0.39, 0.29) is 33.2 Å². The van der Waals surface area contributed by atoms with Gasteiger partial charge in [0.2, 0.25) is 0 Å². The van der Waals surface area contributed by atoms with Crippen LogP contribution in [0.1, 0.15) is 33.6 Å². The normalized spacial score (nSPS) is 22.1. The second kappa shape index (κ2) is 6.99. The van der Waals surface area contributed by atoms with Gasteiger partial charge in [0, 0.05) is 30.6 Å². The number of carbonyl (C=O) groups excluding carboxylic acids is 1. The number of piperazine rings is 1. The zero-order chi connectivity index (χ0) is 20.2. The lowest BCUT2D eigenvalue weighted by molar-refractivity contribution is 0.0209. The lowest BCUT2D eigenvalue weighted by atomic mass is 10.1. The first-order valence-electron chi connectivity index (χ1n) is 9.20. The van der Waals surface area contributed by atoms with E-state index < -0.39 is 11.4 Å². The zero-order valence-electron chi connectivity index (χ0n) is 15.9. The average molecular weight is 472 g/mol. The Morgan fingerprint density at radius 3 is 2.54 bits per heavy atom. The Bertz CT molecular complexity index is 938. The molecule has 2 unspecified atom stereocenters. The summed E-state index contributed by atoms with van der Waals surface area (Å²) in [6, 6.07) is 1.88. The zero-order valence-corrected chi connectivity index (χ0v) is 18.2. The van der Waals surface area contributed by atoms with Gasteiger partial charge in [0.25, 0.3) is 0 Å². The van der Waals surface area contributed by atoms with E-state index in [0.29, 0.717) is 24.3 Å². The highest BCUT2D eigenvalue weighted by Gasteiger charge is 2.43. The number of benzene rings is 1. The molecule has 2 aliphatic rings. The van der Waals surface area contributed by atoms with Gasteiger partial charge in [0.05, 0.1) is 9.50 Å². The third-order valence-electron chi connectivity index (χ3n) is 5.12. The van der Waals surface area contributed by atoms with Gasteiger partial charge in [-0.25, -0.2) is 19.2 Å². The smallest absolute Gasteiger partial charge is 0.410 e. The fourth-order valence-corrected chi connectivity index (χ4v) is 4.52. The van der Waals surface area contributed by atoms with Gasteiger partial charge < -0.3 is 14.5 Å². The number of carbonyl (C=O) groups is 1. The molecule has 0 radical (unpaired) electrons. The quantitative estimate of drug-likeness (QED) is 0.561. The Labute approximate surface area is 176 Å². The Balaban J connectivity index is 1.67. The molecule has 0 N–H and O–H groups in total. The van der Waals surface area contributed by atoms with Gasteiger partial charge in [-0.2, -0.15) is 0 Å². The van der Waals surface area contributed by atoms with Gasteiger partial charge in [-0.1, -0.05) is 11.6 Å². The number of rotatable bonds is 1. The van der Waals surface area contributed by atoms with E-state index in [1.165, 1.54) is 6.33 Å². The molecule has 1 amide bonds. The van der Waals surface area contributed by atoms with Gasteiger partial charge in [0.1, 0.15) is 23.3 Å². The molecule has 2 saturated heterocycles. The van der Waals surface area contributed by atoms with Gasteiger partial charge in [-0.05, 0) is 55.6 Å². The number of aromatic nitrogens is 2. The molecule has 0 spiro atoms. The molecule has 3 heterocycles. The molecule has 2 aromatic rings. The van der Waals surface area contributed by atoms with Crippen LogP contribution in [-0.4, -0.2) is 51.7 Å². The van der Waals surface area contributed by atoms with E-state index in [1.54, 1.807) is 11.0 Å². The summed E-state index contributed by atoms with van der Waals surface area (Å²) in [5.74, 6) is 0.167. The lowest BCUT2D eigenvalue weighted by Gasteiger charge is -2.42. The van der Waals surface area contributed by atoms with Crippen LogP contribution in [0.3, 0.4) is 0 Å². The lowest BCUT2D eigenvalue weighted by Crippen LogP contribution is -2.56. The number of fused-ring (bicyclic) bond motifs is 3. The Hall–Kier alpha value is -1.67. The molecule has 0 aliphatic carbocycles. The molecule has 2 fully saturated rings. The minimum atomic E-state index is -0.530. The van der Waals surface area contributed by atoms with Crippen molar-refractivity contribution in [3.63, 3.8) is 0 Å². The van der Waals surface area contributed by atoms with Crippen LogP contribution in [0.2, 0.25) is 5.02 Å². The molecular formula is C19H21BrClFN4O2. The summed E-state index contributed by atoms with van der Waals surface area (Å²) in [4.78, 5) is 25.0. The van der Waals surface area contributed by atoms with Gasteiger partial charge in [-0.15, -0.1) is 0 Å². The summed E-state index contributed by atoms with van der Waals surface area (Å²) in [6.07, 6.45) is 2.94. The van der Waals surface area contributed by atoms with Crippen molar-refractivity contribution >= 4 is 50.3 Å². The van der Waals surface area contributed by atoms with Crippen LogP contribution in [0, 0.1) is 5.82 Å². The van der Waals surface area contributed by atoms with E-state index in [9.17, 15) is 9.18 Å². The maximum Gasteiger partial charge on any atom is 0.410 e. The first-order valence-corrected chi connectivity index (χ1v) is 10.4. The van der Waals surface area contributed by atoms with Crippen LogP contribution in [0.4, 0.5) is 15.0 Å².